The topological polar surface area (TPSA) is 58.6 Å². The maximum Gasteiger partial charge on any atom is 0.260 e. The van der Waals surface area contributed by atoms with Crippen molar-refractivity contribution in [3.05, 3.63) is 56.7 Å². The van der Waals surface area contributed by atoms with E-state index < -0.39 is 0 Å². The quantitative estimate of drug-likeness (QED) is 0.781. The fourth-order valence-electron chi connectivity index (χ4n) is 2.79. The Kier molecular flexibility index (Phi) is 3.32. The van der Waals surface area contributed by atoms with Gasteiger partial charge in [0.25, 0.3) is 5.56 Å². The summed E-state index contributed by atoms with van der Waals surface area (Å²) < 4.78 is 0. The van der Waals surface area contributed by atoms with Crippen molar-refractivity contribution in [2.24, 2.45) is 0 Å². The van der Waals surface area contributed by atoms with Crippen molar-refractivity contribution in [2.75, 3.05) is 0 Å². The molecule has 0 saturated heterocycles. The number of aromatic amines is 1. The van der Waals surface area contributed by atoms with Crippen LogP contribution in [0.5, 0.6) is 0 Å². The Bertz CT molecular complexity index is 943. The van der Waals surface area contributed by atoms with Gasteiger partial charge in [-0.1, -0.05) is 17.7 Å². The summed E-state index contributed by atoms with van der Waals surface area (Å²) in [6.07, 6.45) is 8.30. The molecule has 1 aliphatic carbocycles. The number of aryl methyl sites for hydroxylation is 2. The summed E-state index contributed by atoms with van der Waals surface area (Å²) in [4.78, 5) is 25.8. The van der Waals surface area contributed by atoms with Gasteiger partial charge in [-0.05, 0) is 42.5 Å². The molecule has 0 amide bonds. The van der Waals surface area contributed by atoms with Crippen LogP contribution in [0.15, 0.2) is 29.3 Å². The van der Waals surface area contributed by atoms with Crippen LogP contribution in [0.3, 0.4) is 0 Å². The molecule has 1 aliphatic rings. The largest absolute Gasteiger partial charge is 0.305 e. The average Bonchev–Trinajstić information content (AvgIpc) is 3.08. The minimum absolute atomic E-state index is 0.0999. The van der Waals surface area contributed by atoms with Crippen molar-refractivity contribution in [3.63, 3.8) is 0 Å². The minimum atomic E-state index is -0.0999. The van der Waals surface area contributed by atoms with Gasteiger partial charge in [0.05, 0.1) is 10.4 Å². The third-order valence-electron chi connectivity index (χ3n) is 3.78. The van der Waals surface area contributed by atoms with Crippen LogP contribution in [0.25, 0.3) is 21.3 Å². The second-order valence-electron chi connectivity index (χ2n) is 5.23. The van der Waals surface area contributed by atoms with E-state index in [-0.39, 0.29) is 5.56 Å². The van der Waals surface area contributed by atoms with E-state index >= 15 is 0 Å². The number of pyridine rings is 1. The smallest absolute Gasteiger partial charge is 0.260 e. The Morgan fingerprint density at radius 2 is 2.32 bits per heavy atom. The maximum atomic E-state index is 12.4. The molecule has 0 aliphatic heterocycles. The van der Waals surface area contributed by atoms with E-state index in [1.54, 1.807) is 29.8 Å². The molecular weight excluding hydrogens is 318 g/mol. The average molecular weight is 330 g/mol. The number of hydrogen-bond acceptors (Lipinski definition) is 4. The molecular formula is C16H12ClN3OS. The molecule has 0 spiro atoms. The van der Waals surface area contributed by atoms with Gasteiger partial charge in [-0.2, -0.15) is 0 Å². The number of fused-ring (bicyclic) bond motifs is 3. The normalized spacial score (nSPS) is 14.5. The van der Waals surface area contributed by atoms with Crippen LogP contribution >= 0.6 is 22.9 Å². The van der Waals surface area contributed by atoms with Gasteiger partial charge in [-0.25, -0.2) is 4.98 Å². The Morgan fingerprint density at radius 1 is 1.41 bits per heavy atom. The van der Waals surface area contributed by atoms with E-state index in [1.807, 2.05) is 12.1 Å². The lowest BCUT2D eigenvalue weighted by atomic mass is 10.2. The van der Waals surface area contributed by atoms with Gasteiger partial charge in [-0.3, -0.25) is 9.78 Å². The lowest BCUT2D eigenvalue weighted by Crippen LogP contribution is -2.10. The molecule has 0 fully saturated rings. The number of aromatic nitrogens is 3. The van der Waals surface area contributed by atoms with Gasteiger partial charge in [0.15, 0.2) is 5.82 Å². The first-order valence-electron chi connectivity index (χ1n) is 7.04. The van der Waals surface area contributed by atoms with Gasteiger partial charge in [0.1, 0.15) is 4.83 Å². The highest BCUT2D eigenvalue weighted by Crippen LogP contribution is 2.35. The second kappa shape index (κ2) is 5.34. The van der Waals surface area contributed by atoms with E-state index in [0.29, 0.717) is 10.9 Å². The molecule has 0 saturated carbocycles. The van der Waals surface area contributed by atoms with Crippen LogP contribution < -0.4 is 5.56 Å². The molecule has 3 aromatic heterocycles. The van der Waals surface area contributed by atoms with E-state index in [1.165, 1.54) is 10.4 Å². The molecule has 0 atom stereocenters. The first-order valence-corrected chi connectivity index (χ1v) is 8.24. The standard InChI is InChI=1S/C16H12ClN3OS/c17-11(7-9-3-2-6-18-8-9)14-19-15(21)13-10-4-1-5-12(10)22-16(13)20-14/h2-3,6-8H,1,4-5H2,(H,19,20,21). The minimum Gasteiger partial charge on any atom is -0.305 e. The van der Waals surface area contributed by atoms with E-state index in [4.69, 9.17) is 11.6 Å². The number of H-pyrrole nitrogens is 1. The van der Waals surface area contributed by atoms with Crippen LogP contribution in [0.1, 0.15) is 28.2 Å². The third kappa shape index (κ3) is 2.26. The summed E-state index contributed by atoms with van der Waals surface area (Å²) in [6, 6.07) is 3.73. The van der Waals surface area contributed by atoms with Gasteiger partial charge in [-0.15, -0.1) is 11.3 Å². The number of rotatable bonds is 2. The van der Waals surface area contributed by atoms with Crippen LogP contribution in [0, 0.1) is 0 Å². The Balaban J connectivity index is 1.83. The summed E-state index contributed by atoms with van der Waals surface area (Å²) in [6.45, 7) is 0. The second-order valence-corrected chi connectivity index (χ2v) is 6.72. The summed E-state index contributed by atoms with van der Waals surface area (Å²) in [5.41, 5.74) is 1.94. The lowest BCUT2D eigenvalue weighted by molar-refractivity contribution is 0.916. The lowest BCUT2D eigenvalue weighted by Gasteiger charge is -2.00. The van der Waals surface area contributed by atoms with Crippen molar-refractivity contribution in [1.82, 2.24) is 15.0 Å². The zero-order valence-electron chi connectivity index (χ0n) is 11.6. The molecule has 3 heterocycles. The molecule has 22 heavy (non-hydrogen) atoms. The Labute approximate surface area is 135 Å². The highest BCUT2D eigenvalue weighted by Gasteiger charge is 2.21. The number of halogens is 1. The van der Waals surface area contributed by atoms with Gasteiger partial charge < -0.3 is 4.98 Å². The fraction of sp³-hybridized carbons (Fsp3) is 0.188. The van der Waals surface area contributed by atoms with E-state index in [0.717, 1.165) is 35.0 Å². The first-order chi connectivity index (χ1) is 10.7. The summed E-state index contributed by atoms with van der Waals surface area (Å²) in [5.74, 6) is 0.406. The monoisotopic (exact) mass is 329 g/mol. The van der Waals surface area contributed by atoms with Gasteiger partial charge in [0.2, 0.25) is 0 Å². The SMILES string of the molecule is O=c1[nH]c(C(Cl)=Cc2cccnc2)nc2sc3c(c12)CCC3. The van der Waals surface area contributed by atoms with Crippen LogP contribution in [0.4, 0.5) is 0 Å². The van der Waals surface area contributed by atoms with Crippen molar-refractivity contribution < 1.29 is 0 Å². The molecule has 0 bridgehead atoms. The molecule has 0 radical (unpaired) electrons. The van der Waals surface area contributed by atoms with Crippen LogP contribution in [-0.2, 0) is 12.8 Å². The summed E-state index contributed by atoms with van der Waals surface area (Å²) in [5, 5.41) is 1.15. The molecule has 1 N–H and O–H groups in total. The highest BCUT2D eigenvalue weighted by molar-refractivity contribution is 7.18. The zero-order chi connectivity index (χ0) is 15.1. The van der Waals surface area contributed by atoms with Crippen molar-refractivity contribution in [1.29, 1.82) is 0 Å². The van der Waals surface area contributed by atoms with Crippen molar-refractivity contribution in [2.45, 2.75) is 19.3 Å². The van der Waals surface area contributed by atoms with E-state index in [9.17, 15) is 4.79 Å². The molecule has 0 aromatic carbocycles. The maximum absolute atomic E-state index is 12.4. The summed E-state index contributed by atoms with van der Waals surface area (Å²) >= 11 is 7.92. The fourth-order valence-corrected chi connectivity index (χ4v) is 4.27. The number of thiophene rings is 1. The molecule has 3 aromatic rings. The first kappa shape index (κ1) is 13.7. The molecule has 0 unspecified atom stereocenters. The number of hydrogen-bond donors (Lipinski definition) is 1. The van der Waals surface area contributed by atoms with Crippen molar-refractivity contribution >= 4 is 44.3 Å². The van der Waals surface area contributed by atoms with Crippen molar-refractivity contribution in [3.8, 4) is 0 Å². The number of nitrogens with zero attached hydrogens (tertiary/aromatic N) is 2. The molecule has 4 nitrogen and oxygen atoms in total. The van der Waals surface area contributed by atoms with Gasteiger partial charge in [0, 0.05) is 17.3 Å². The van der Waals surface area contributed by atoms with E-state index in [2.05, 4.69) is 15.0 Å². The van der Waals surface area contributed by atoms with Crippen LogP contribution in [-0.4, -0.2) is 15.0 Å². The molecule has 110 valence electrons. The molecule has 6 heteroatoms. The predicted octanol–water partition coefficient (Wildman–Crippen LogP) is 3.61. The van der Waals surface area contributed by atoms with Gasteiger partial charge >= 0.3 is 0 Å². The summed E-state index contributed by atoms with van der Waals surface area (Å²) in [7, 11) is 0. The van der Waals surface area contributed by atoms with Crippen LogP contribution in [0.2, 0.25) is 0 Å². The predicted molar refractivity (Wildman–Crippen MR) is 90.2 cm³/mol. The molecule has 4 rings (SSSR count). The Hall–Kier alpha value is -1.98. The highest BCUT2D eigenvalue weighted by atomic mass is 35.5. The number of nitrogens with one attached hydrogen (secondary N) is 1. The third-order valence-corrected chi connectivity index (χ3v) is 5.25. The Morgan fingerprint density at radius 3 is 3.14 bits per heavy atom. The zero-order valence-corrected chi connectivity index (χ0v) is 13.2.